The minimum Gasteiger partial charge on any atom is -0.481 e. The second kappa shape index (κ2) is 9.59. The number of sulfonamides is 1. The Morgan fingerprint density at radius 3 is 2.41 bits per heavy atom. The van der Waals surface area contributed by atoms with Crippen molar-refractivity contribution in [2.75, 3.05) is 27.2 Å². The number of terminal acetylenes is 1. The molecule has 0 bridgehead atoms. The van der Waals surface area contributed by atoms with E-state index in [1.807, 2.05) is 24.3 Å². The van der Waals surface area contributed by atoms with Crippen molar-refractivity contribution < 1.29 is 17.9 Å². The molecule has 0 radical (unpaired) electrons. The molecule has 2 aromatic carbocycles. The van der Waals surface area contributed by atoms with Crippen molar-refractivity contribution in [3.63, 3.8) is 0 Å². The third-order valence-corrected chi connectivity index (χ3v) is 6.53. The summed E-state index contributed by atoms with van der Waals surface area (Å²) < 4.78 is 31.6. The number of aryl methyl sites for hydroxylation is 1. The van der Waals surface area contributed by atoms with E-state index in [1.165, 1.54) is 20.2 Å². The van der Waals surface area contributed by atoms with Crippen LogP contribution in [0.3, 0.4) is 0 Å². The summed E-state index contributed by atoms with van der Waals surface area (Å²) in [6.45, 7) is 4.18. The lowest BCUT2D eigenvalue weighted by molar-refractivity contribution is 0.0954. The van der Waals surface area contributed by atoms with Crippen molar-refractivity contribution in [3.05, 3.63) is 58.7 Å². The second-order valence-corrected chi connectivity index (χ2v) is 8.97. The summed E-state index contributed by atoms with van der Waals surface area (Å²) in [7, 11) is -0.687. The molecule has 0 heterocycles. The maximum atomic E-state index is 12.6. The number of nitrogens with zero attached hydrogens (tertiary/aromatic N) is 1. The molecule has 1 amide bonds. The predicted molar refractivity (Wildman–Crippen MR) is 114 cm³/mol. The quantitative estimate of drug-likeness (QED) is 0.674. The summed E-state index contributed by atoms with van der Waals surface area (Å²) >= 11 is 0. The highest BCUT2D eigenvalue weighted by Crippen LogP contribution is 2.23. The lowest BCUT2D eigenvalue weighted by Crippen LogP contribution is -2.27. The van der Waals surface area contributed by atoms with Crippen molar-refractivity contribution >= 4 is 15.9 Å². The molecule has 0 fully saturated rings. The van der Waals surface area contributed by atoms with Crippen molar-refractivity contribution in [1.82, 2.24) is 9.62 Å². The van der Waals surface area contributed by atoms with Gasteiger partial charge in [-0.15, -0.1) is 6.42 Å². The van der Waals surface area contributed by atoms with Gasteiger partial charge in [0, 0.05) is 26.2 Å². The third kappa shape index (κ3) is 5.59. The Kier molecular flexibility index (Phi) is 7.43. The third-order valence-electron chi connectivity index (χ3n) is 4.59. The number of benzene rings is 2. The van der Waals surface area contributed by atoms with E-state index in [9.17, 15) is 13.2 Å². The van der Waals surface area contributed by atoms with Crippen LogP contribution in [0.25, 0.3) is 0 Å². The number of amides is 1. The molecule has 0 spiro atoms. The Bertz CT molecular complexity index is 1020. The first-order valence-electron chi connectivity index (χ1n) is 9.14. The molecule has 0 atom stereocenters. The number of carbonyl (C=O) groups excluding carboxylic acids is 1. The topological polar surface area (TPSA) is 75.7 Å². The van der Waals surface area contributed by atoms with Gasteiger partial charge in [0.1, 0.15) is 12.4 Å². The van der Waals surface area contributed by atoms with Crippen molar-refractivity contribution in [3.8, 4) is 18.1 Å². The molecule has 29 heavy (non-hydrogen) atoms. The van der Waals surface area contributed by atoms with E-state index < -0.39 is 10.0 Å². The summed E-state index contributed by atoms with van der Waals surface area (Å²) in [6, 6.07) is 10.6. The van der Waals surface area contributed by atoms with Gasteiger partial charge < -0.3 is 10.1 Å². The van der Waals surface area contributed by atoms with Crippen LogP contribution in [0.5, 0.6) is 5.75 Å². The first-order chi connectivity index (χ1) is 13.7. The maximum Gasteiger partial charge on any atom is 0.251 e. The Labute approximate surface area is 172 Å². The van der Waals surface area contributed by atoms with Crippen molar-refractivity contribution in [2.45, 2.75) is 25.2 Å². The van der Waals surface area contributed by atoms with Gasteiger partial charge in [-0.1, -0.05) is 18.1 Å². The Morgan fingerprint density at radius 2 is 1.83 bits per heavy atom. The number of ether oxygens (including phenoxy) is 1. The average Bonchev–Trinajstić information content (AvgIpc) is 2.68. The van der Waals surface area contributed by atoms with Crippen LogP contribution in [0.2, 0.25) is 0 Å². The SMILES string of the molecule is C#CCOc1ccc(CCNC(=O)c2cc(C)c(C)c(S(=O)(=O)N(C)C)c2)cc1. The lowest BCUT2D eigenvalue weighted by Gasteiger charge is -2.16. The zero-order valence-electron chi connectivity index (χ0n) is 17.2. The summed E-state index contributed by atoms with van der Waals surface area (Å²) in [4.78, 5) is 12.7. The van der Waals surface area contributed by atoms with E-state index in [2.05, 4.69) is 11.2 Å². The standard InChI is InChI=1S/C22H26N2O4S/c1-6-13-28-20-9-7-18(8-10-20)11-12-23-22(25)19-14-16(2)17(3)21(15-19)29(26,27)24(4)5/h1,7-10,14-15H,11-13H2,2-5H3,(H,23,25). The van der Waals surface area contributed by atoms with Gasteiger partial charge in [-0.05, 0) is 61.2 Å². The molecule has 0 aliphatic rings. The van der Waals surface area contributed by atoms with Gasteiger partial charge in [0.15, 0.2) is 0 Å². The molecule has 7 heteroatoms. The maximum absolute atomic E-state index is 12.6. The van der Waals surface area contributed by atoms with E-state index >= 15 is 0 Å². The molecule has 0 saturated carbocycles. The smallest absolute Gasteiger partial charge is 0.251 e. The van der Waals surface area contributed by atoms with E-state index in [1.54, 1.807) is 19.9 Å². The molecule has 0 unspecified atom stereocenters. The molecule has 0 saturated heterocycles. The van der Waals surface area contributed by atoms with Crippen LogP contribution in [0.1, 0.15) is 27.0 Å². The minimum atomic E-state index is -3.63. The summed E-state index contributed by atoms with van der Waals surface area (Å²) in [5.41, 5.74) is 2.75. The monoisotopic (exact) mass is 414 g/mol. The fourth-order valence-electron chi connectivity index (χ4n) is 2.72. The van der Waals surface area contributed by atoms with Gasteiger partial charge in [-0.2, -0.15) is 0 Å². The zero-order chi connectivity index (χ0) is 21.6. The zero-order valence-corrected chi connectivity index (χ0v) is 18.0. The Balaban J connectivity index is 2.06. The Hall–Kier alpha value is -2.82. The van der Waals surface area contributed by atoms with Gasteiger partial charge in [0.25, 0.3) is 5.91 Å². The van der Waals surface area contributed by atoms with Crippen LogP contribution in [-0.4, -0.2) is 45.9 Å². The van der Waals surface area contributed by atoms with Crippen LogP contribution < -0.4 is 10.1 Å². The number of hydrogen-bond acceptors (Lipinski definition) is 4. The van der Waals surface area contributed by atoms with Crippen molar-refractivity contribution in [2.24, 2.45) is 0 Å². The van der Waals surface area contributed by atoms with Gasteiger partial charge >= 0.3 is 0 Å². The largest absolute Gasteiger partial charge is 0.481 e. The van der Waals surface area contributed by atoms with E-state index in [0.29, 0.717) is 29.8 Å². The van der Waals surface area contributed by atoms with E-state index in [4.69, 9.17) is 11.2 Å². The number of hydrogen-bond donors (Lipinski definition) is 1. The average molecular weight is 415 g/mol. The van der Waals surface area contributed by atoms with Crippen molar-refractivity contribution in [1.29, 1.82) is 0 Å². The van der Waals surface area contributed by atoms with Crippen LogP contribution in [-0.2, 0) is 16.4 Å². The molecule has 6 nitrogen and oxygen atoms in total. The molecule has 154 valence electrons. The molecule has 2 aromatic rings. The van der Waals surface area contributed by atoms with Crippen LogP contribution in [0.4, 0.5) is 0 Å². The predicted octanol–water partition coefficient (Wildman–Crippen LogP) is 2.54. The van der Waals surface area contributed by atoms with Gasteiger partial charge in [0.05, 0.1) is 4.90 Å². The highest BCUT2D eigenvalue weighted by atomic mass is 32.2. The fraction of sp³-hybridized carbons (Fsp3) is 0.318. The number of nitrogens with one attached hydrogen (secondary N) is 1. The highest BCUT2D eigenvalue weighted by Gasteiger charge is 2.22. The fourth-order valence-corrected chi connectivity index (χ4v) is 3.94. The molecule has 0 aromatic heterocycles. The van der Waals surface area contributed by atoms with Crippen LogP contribution in [0.15, 0.2) is 41.3 Å². The minimum absolute atomic E-state index is 0.148. The van der Waals surface area contributed by atoms with E-state index in [-0.39, 0.29) is 17.4 Å². The normalized spacial score (nSPS) is 11.2. The first kappa shape index (κ1) is 22.5. The summed E-state index contributed by atoms with van der Waals surface area (Å²) in [5, 5.41) is 2.85. The molecular weight excluding hydrogens is 388 g/mol. The lowest BCUT2D eigenvalue weighted by atomic mass is 10.1. The molecule has 2 rings (SSSR count). The molecule has 1 N–H and O–H groups in total. The Morgan fingerprint density at radius 1 is 1.17 bits per heavy atom. The van der Waals surface area contributed by atoms with Crippen LogP contribution in [0, 0.1) is 26.2 Å². The molecular formula is C22H26N2O4S. The van der Waals surface area contributed by atoms with Crippen LogP contribution >= 0.6 is 0 Å². The van der Waals surface area contributed by atoms with Gasteiger partial charge in [0.2, 0.25) is 10.0 Å². The molecule has 0 aliphatic carbocycles. The van der Waals surface area contributed by atoms with E-state index in [0.717, 1.165) is 15.4 Å². The summed E-state index contributed by atoms with van der Waals surface area (Å²) in [6.07, 6.45) is 5.80. The first-order valence-corrected chi connectivity index (χ1v) is 10.6. The highest BCUT2D eigenvalue weighted by molar-refractivity contribution is 7.89. The van der Waals surface area contributed by atoms with Gasteiger partial charge in [-0.3, -0.25) is 4.79 Å². The summed E-state index contributed by atoms with van der Waals surface area (Å²) in [5.74, 6) is 2.80. The second-order valence-electron chi connectivity index (χ2n) is 6.85. The number of rotatable bonds is 8. The number of carbonyl (C=O) groups is 1. The van der Waals surface area contributed by atoms with Gasteiger partial charge in [-0.25, -0.2) is 12.7 Å². The molecule has 0 aliphatic heterocycles.